The van der Waals surface area contributed by atoms with Crippen LogP contribution in [-0.4, -0.2) is 37.0 Å². The van der Waals surface area contributed by atoms with Crippen LogP contribution in [0.25, 0.3) is 0 Å². The van der Waals surface area contributed by atoms with E-state index in [1.54, 1.807) is 0 Å². The van der Waals surface area contributed by atoms with Crippen molar-refractivity contribution in [2.45, 2.75) is 38.1 Å². The Morgan fingerprint density at radius 2 is 1.62 bits per heavy atom. The molecular weight excluding hydrogens is 164 g/mol. The normalized spacial score (nSPS) is 51.5. The van der Waals surface area contributed by atoms with Crippen LogP contribution in [0, 0.1) is 0 Å². The van der Waals surface area contributed by atoms with Crippen LogP contribution < -0.4 is 21.3 Å². The van der Waals surface area contributed by atoms with Crippen LogP contribution in [0.3, 0.4) is 0 Å². The van der Waals surface area contributed by atoms with E-state index in [4.69, 9.17) is 0 Å². The first-order valence-corrected chi connectivity index (χ1v) is 5.08. The number of rotatable bonds is 0. The third kappa shape index (κ3) is 1.38. The number of piperazine rings is 2. The Balaban J connectivity index is 2.20. The average molecular weight is 184 g/mol. The van der Waals surface area contributed by atoms with E-state index >= 15 is 0 Å². The van der Waals surface area contributed by atoms with Crippen LogP contribution in [0.2, 0.25) is 0 Å². The van der Waals surface area contributed by atoms with Gasteiger partial charge in [-0.1, -0.05) is 0 Å². The van der Waals surface area contributed by atoms with Crippen molar-refractivity contribution < 1.29 is 0 Å². The summed E-state index contributed by atoms with van der Waals surface area (Å²) in [4.78, 5) is 0. The second-order valence-electron chi connectivity index (χ2n) is 4.53. The Morgan fingerprint density at radius 3 is 2.31 bits per heavy atom. The fourth-order valence-electron chi connectivity index (χ4n) is 2.31. The van der Waals surface area contributed by atoms with Gasteiger partial charge in [0.25, 0.3) is 0 Å². The molecule has 0 bridgehead atoms. The largest absolute Gasteiger partial charge is 0.296 e. The minimum atomic E-state index is -0.0388. The summed E-state index contributed by atoms with van der Waals surface area (Å²) in [7, 11) is 0. The molecule has 0 aromatic heterocycles. The fraction of sp³-hybridized carbons (Fsp3) is 1.00. The Kier molecular flexibility index (Phi) is 2.11. The zero-order valence-corrected chi connectivity index (χ0v) is 8.70. The van der Waals surface area contributed by atoms with Crippen LogP contribution in [0.5, 0.6) is 0 Å². The summed E-state index contributed by atoms with van der Waals surface area (Å²) >= 11 is 0. The third-order valence-corrected chi connectivity index (χ3v) is 3.38. The van der Waals surface area contributed by atoms with E-state index in [-0.39, 0.29) is 11.3 Å². The van der Waals surface area contributed by atoms with Crippen LogP contribution in [0.1, 0.15) is 20.8 Å². The van der Waals surface area contributed by atoms with Crippen LogP contribution in [0.4, 0.5) is 0 Å². The molecule has 2 rings (SSSR count). The molecule has 0 saturated carbocycles. The van der Waals surface area contributed by atoms with Crippen molar-refractivity contribution in [1.29, 1.82) is 0 Å². The smallest absolute Gasteiger partial charge is 0.0981 e. The molecule has 0 aliphatic carbocycles. The molecule has 13 heavy (non-hydrogen) atoms. The van der Waals surface area contributed by atoms with Gasteiger partial charge in [0, 0.05) is 25.7 Å². The van der Waals surface area contributed by atoms with Gasteiger partial charge in [0.05, 0.1) is 11.3 Å². The lowest BCUT2D eigenvalue weighted by atomic mass is 9.89. The van der Waals surface area contributed by atoms with Gasteiger partial charge in [-0.25, -0.2) is 0 Å². The first-order chi connectivity index (χ1) is 6.06. The SMILES string of the molecule is C[C@@H]1CN[C@]2(C)NCCN[C@]2(C)N1. The van der Waals surface area contributed by atoms with Gasteiger partial charge in [-0.05, 0) is 20.8 Å². The molecule has 0 spiro atoms. The molecule has 0 amide bonds. The summed E-state index contributed by atoms with van der Waals surface area (Å²) in [6.07, 6.45) is 0. The number of hydrogen-bond donors (Lipinski definition) is 4. The quantitative estimate of drug-likeness (QED) is 0.398. The van der Waals surface area contributed by atoms with E-state index < -0.39 is 0 Å². The lowest BCUT2D eigenvalue weighted by molar-refractivity contribution is 0.0223. The van der Waals surface area contributed by atoms with Crippen molar-refractivity contribution in [1.82, 2.24) is 21.3 Å². The zero-order valence-electron chi connectivity index (χ0n) is 8.70. The maximum atomic E-state index is 3.60. The maximum Gasteiger partial charge on any atom is 0.0981 e. The molecule has 2 saturated heterocycles. The first-order valence-electron chi connectivity index (χ1n) is 5.08. The minimum Gasteiger partial charge on any atom is -0.296 e. The highest BCUT2D eigenvalue weighted by molar-refractivity contribution is 5.09. The van der Waals surface area contributed by atoms with Crippen molar-refractivity contribution in [3.8, 4) is 0 Å². The zero-order chi connectivity index (χ0) is 9.53. The summed E-state index contributed by atoms with van der Waals surface area (Å²) in [5, 5.41) is 14.2. The molecule has 2 aliphatic heterocycles. The molecule has 0 aromatic rings. The van der Waals surface area contributed by atoms with Gasteiger partial charge in [-0.3, -0.25) is 21.3 Å². The molecule has 2 heterocycles. The van der Waals surface area contributed by atoms with Gasteiger partial charge in [0.1, 0.15) is 0 Å². The second kappa shape index (κ2) is 2.92. The standard InChI is InChI=1S/C9H20N4/c1-7-6-12-8(2)9(3,13-7)11-5-4-10-8/h7,10-13H,4-6H2,1-3H3/t7-,8+,9-/m1/s1. The summed E-state index contributed by atoms with van der Waals surface area (Å²) in [5.41, 5.74) is -0.0688. The number of nitrogens with one attached hydrogen (secondary N) is 4. The summed E-state index contributed by atoms with van der Waals surface area (Å²) in [6.45, 7) is 9.68. The van der Waals surface area contributed by atoms with Gasteiger partial charge < -0.3 is 0 Å². The highest BCUT2D eigenvalue weighted by Gasteiger charge is 2.49. The summed E-state index contributed by atoms with van der Waals surface area (Å²) in [6, 6.07) is 0.519. The molecule has 4 heteroatoms. The van der Waals surface area contributed by atoms with Crippen molar-refractivity contribution in [2.24, 2.45) is 0 Å². The lowest BCUT2D eigenvalue weighted by Gasteiger charge is -2.56. The van der Waals surface area contributed by atoms with Crippen molar-refractivity contribution in [2.75, 3.05) is 19.6 Å². The molecule has 4 nitrogen and oxygen atoms in total. The molecule has 4 N–H and O–H groups in total. The molecule has 76 valence electrons. The van der Waals surface area contributed by atoms with Gasteiger partial charge in [-0.15, -0.1) is 0 Å². The van der Waals surface area contributed by atoms with Gasteiger partial charge in [-0.2, -0.15) is 0 Å². The minimum absolute atomic E-state index is 0.0300. The van der Waals surface area contributed by atoms with Crippen LogP contribution in [-0.2, 0) is 0 Å². The molecular formula is C9H20N4. The van der Waals surface area contributed by atoms with E-state index in [0.717, 1.165) is 19.6 Å². The molecule has 3 atom stereocenters. The lowest BCUT2D eigenvalue weighted by Crippen LogP contribution is -2.86. The Hall–Kier alpha value is -0.160. The van der Waals surface area contributed by atoms with E-state index in [2.05, 4.69) is 42.0 Å². The van der Waals surface area contributed by atoms with Crippen molar-refractivity contribution in [3.63, 3.8) is 0 Å². The highest BCUT2D eigenvalue weighted by atomic mass is 15.4. The third-order valence-electron chi connectivity index (χ3n) is 3.38. The Morgan fingerprint density at radius 1 is 1.00 bits per heavy atom. The van der Waals surface area contributed by atoms with E-state index in [1.165, 1.54) is 0 Å². The highest BCUT2D eigenvalue weighted by Crippen LogP contribution is 2.22. The first kappa shape index (κ1) is 9.40. The van der Waals surface area contributed by atoms with Crippen LogP contribution in [0.15, 0.2) is 0 Å². The number of fused-ring (bicyclic) bond motifs is 1. The van der Waals surface area contributed by atoms with E-state index in [0.29, 0.717) is 6.04 Å². The summed E-state index contributed by atoms with van der Waals surface area (Å²) in [5.74, 6) is 0. The number of hydrogen-bond acceptors (Lipinski definition) is 4. The summed E-state index contributed by atoms with van der Waals surface area (Å²) < 4.78 is 0. The van der Waals surface area contributed by atoms with E-state index in [9.17, 15) is 0 Å². The van der Waals surface area contributed by atoms with Gasteiger partial charge in [0.15, 0.2) is 0 Å². The second-order valence-corrected chi connectivity index (χ2v) is 4.53. The van der Waals surface area contributed by atoms with Gasteiger partial charge >= 0.3 is 0 Å². The molecule has 2 aliphatic rings. The monoisotopic (exact) mass is 184 g/mol. The average Bonchev–Trinajstić information content (AvgIpc) is 2.07. The van der Waals surface area contributed by atoms with Crippen LogP contribution >= 0.6 is 0 Å². The Bertz CT molecular complexity index is 208. The van der Waals surface area contributed by atoms with Crippen molar-refractivity contribution in [3.05, 3.63) is 0 Å². The predicted octanol–water partition coefficient (Wildman–Crippen LogP) is -0.807. The fourth-order valence-corrected chi connectivity index (χ4v) is 2.31. The predicted molar refractivity (Wildman–Crippen MR) is 53.4 cm³/mol. The maximum absolute atomic E-state index is 3.60. The van der Waals surface area contributed by atoms with Gasteiger partial charge in [0.2, 0.25) is 0 Å². The Labute approximate surface area is 79.8 Å². The molecule has 0 unspecified atom stereocenters. The van der Waals surface area contributed by atoms with E-state index in [1.807, 2.05) is 0 Å². The molecule has 2 fully saturated rings. The topological polar surface area (TPSA) is 48.1 Å². The van der Waals surface area contributed by atoms with Crippen molar-refractivity contribution >= 4 is 0 Å². The molecule has 0 aromatic carbocycles. The molecule has 0 radical (unpaired) electrons.